The molecule has 1 fully saturated rings. The van der Waals surface area contributed by atoms with Gasteiger partial charge in [0.25, 0.3) is 11.1 Å². The Kier molecular flexibility index (Phi) is 7.46. The second-order valence-electron chi connectivity index (χ2n) is 7.31. The summed E-state index contributed by atoms with van der Waals surface area (Å²) in [4.78, 5) is 26.8. The number of methoxy groups -OCH3 is 1. The lowest BCUT2D eigenvalue weighted by Gasteiger charge is -2.13. The van der Waals surface area contributed by atoms with Gasteiger partial charge in [-0.05, 0) is 59.3 Å². The van der Waals surface area contributed by atoms with E-state index in [0.717, 1.165) is 16.7 Å². The Morgan fingerprint density at radius 3 is 2.53 bits per heavy atom. The second kappa shape index (κ2) is 10.5. The topological polar surface area (TPSA) is 55.8 Å². The third-order valence-electron chi connectivity index (χ3n) is 5.02. The van der Waals surface area contributed by atoms with Gasteiger partial charge in [0.05, 0.1) is 28.6 Å². The van der Waals surface area contributed by atoms with Gasteiger partial charge in [-0.3, -0.25) is 14.5 Å². The molecule has 4 rings (SSSR count). The van der Waals surface area contributed by atoms with Gasteiger partial charge < -0.3 is 9.47 Å². The van der Waals surface area contributed by atoms with Crippen LogP contribution in [-0.4, -0.2) is 23.2 Å². The summed E-state index contributed by atoms with van der Waals surface area (Å²) in [6.07, 6.45) is 1.61. The Bertz CT molecular complexity index is 1300. The van der Waals surface area contributed by atoms with Crippen LogP contribution in [0.4, 0.5) is 9.18 Å². The Labute approximate surface area is 210 Å². The summed E-state index contributed by atoms with van der Waals surface area (Å²) in [7, 11) is 1.49. The molecule has 0 aromatic heterocycles. The molecule has 34 heavy (non-hydrogen) atoms. The van der Waals surface area contributed by atoms with Crippen LogP contribution >= 0.6 is 35.0 Å². The first-order chi connectivity index (χ1) is 16.4. The van der Waals surface area contributed by atoms with Crippen LogP contribution in [0.15, 0.2) is 65.6 Å². The van der Waals surface area contributed by atoms with E-state index in [4.69, 9.17) is 32.7 Å². The first-order valence-corrected chi connectivity index (χ1v) is 11.7. The molecule has 9 heteroatoms. The minimum Gasteiger partial charge on any atom is -0.493 e. The molecular formula is C25H18Cl2FNO4S. The van der Waals surface area contributed by atoms with Crippen molar-refractivity contribution in [1.82, 2.24) is 4.90 Å². The van der Waals surface area contributed by atoms with Gasteiger partial charge in [0.1, 0.15) is 12.4 Å². The van der Waals surface area contributed by atoms with E-state index in [-0.39, 0.29) is 29.1 Å². The molecule has 1 saturated heterocycles. The number of hydrogen-bond acceptors (Lipinski definition) is 5. The van der Waals surface area contributed by atoms with Crippen LogP contribution in [0.2, 0.25) is 10.0 Å². The number of hydrogen-bond donors (Lipinski definition) is 0. The number of carbonyl (C=O) groups is 2. The summed E-state index contributed by atoms with van der Waals surface area (Å²) in [5.74, 6) is 0.0883. The average Bonchev–Trinajstić information content (AvgIpc) is 3.08. The molecule has 1 aliphatic rings. The molecule has 0 spiro atoms. The maximum absolute atomic E-state index is 13.8. The Balaban J connectivity index is 1.49. The third kappa shape index (κ3) is 5.38. The smallest absolute Gasteiger partial charge is 0.293 e. The number of amides is 2. The largest absolute Gasteiger partial charge is 0.493 e. The Morgan fingerprint density at radius 1 is 1.00 bits per heavy atom. The first-order valence-electron chi connectivity index (χ1n) is 10.1. The zero-order chi connectivity index (χ0) is 24.2. The SMILES string of the molecule is COc1cc(/C=C2\SC(=O)N(Cc3ccc(Cl)c(Cl)c3)C2=O)ccc1OCc1ccccc1F. The maximum atomic E-state index is 13.8. The highest BCUT2D eigenvalue weighted by Gasteiger charge is 2.35. The van der Waals surface area contributed by atoms with Gasteiger partial charge in [-0.15, -0.1) is 0 Å². The lowest BCUT2D eigenvalue weighted by Crippen LogP contribution is -2.27. The lowest BCUT2D eigenvalue weighted by molar-refractivity contribution is -0.123. The van der Waals surface area contributed by atoms with Gasteiger partial charge in [-0.1, -0.05) is 53.5 Å². The Hall–Kier alpha value is -3.00. The summed E-state index contributed by atoms with van der Waals surface area (Å²) in [6, 6.07) is 16.4. The molecule has 0 radical (unpaired) electrons. The average molecular weight is 518 g/mol. The molecule has 0 bridgehead atoms. The van der Waals surface area contributed by atoms with Crippen LogP contribution in [0.25, 0.3) is 6.08 Å². The van der Waals surface area contributed by atoms with Gasteiger partial charge in [-0.25, -0.2) is 4.39 Å². The van der Waals surface area contributed by atoms with Crippen molar-refractivity contribution in [1.29, 1.82) is 0 Å². The van der Waals surface area contributed by atoms with Crippen molar-refractivity contribution in [3.05, 3.63) is 98.1 Å². The van der Waals surface area contributed by atoms with Gasteiger partial charge in [0, 0.05) is 5.56 Å². The minimum absolute atomic E-state index is 0.0377. The van der Waals surface area contributed by atoms with E-state index in [1.165, 1.54) is 13.2 Å². The fourth-order valence-corrected chi connectivity index (χ4v) is 4.43. The van der Waals surface area contributed by atoms with Gasteiger partial charge >= 0.3 is 0 Å². The standard InChI is InChI=1S/C25H18Cl2FNO4S/c1-32-22-11-15(7-9-21(22)33-14-17-4-2-3-5-20(17)28)12-23-24(30)29(25(31)34-23)13-16-6-8-18(26)19(27)10-16/h2-12H,13-14H2,1H3/b23-12-. The molecule has 0 atom stereocenters. The highest BCUT2D eigenvalue weighted by atomic mass is 35.5. The van der Waals surface area contributed by atoms with E-state index in [1.54, 1.807) is 60.7 Å². The van der Waals surface area contributed by atoms with Gasteiger partial charge in [-0.2, -0.15) is 0 Å². The van der Waals surface area contributed by atoms with Crippen LogP contribution in [0.1, 0.15) is 16.7 Å². The van der Waals surface area contributed by atoms with Crippen LogP contribution in [0, 0.1) is 5.82 Å². The van der Waals surface area contributed by atoms with E-state index in [0.29, 0.717) is 38.2 Å². The van der Waals surface area contributed by atoms with E-state index in [9.17, 15) is 14.0 Å². The number of rotatable bonds is 7. The Morgan fingerprint density at radius 2 is 1.79 bits per heavy atom. The van der Waals surface area contributed by atoms with Crippen LogP contribution < -0.4 is 9.47 Å². The number of thioether (sulfide) groups is 1. The maximum Gasteiger partial charge on any atom is 0.293 e. The van der Waals surface area contributed by atoms with E-state index >= 15 is 0 Å². The quantitative estimate of drug-likeness (QED) is 0.317. The lowest BCUT2D eigenvalue weighted by atomic mass is 10.1. The first kappa shape index (κ1) is 24.1. The molecule has 0 unspecified atom stereocenters. The van der Waals surface area contributed by atoms with E-state index in [1.807, 2.05) is 0 Å². The molecule has 1 aliphatic heterocycles. The summed E-state index contributed by atoms with van der Waals surface area (Å²) >= 11 is 12.8. The van der Waals surface area contributed by atoms with E-state index in [2.05, 4.69) is 0 Å². The molecule has 5 nitrogen and oxygen atoms in total. The predicted molar refractivity (Wildman–Crippen MR) is 132 cm³/mol. The summed E-state index contributed by atoms with van der Waals surface area (Å²) in [6.45, 7) is 0.126. The van der Waals surface area contributed by atoms with Crippen molar-refractivity contribution in [2.45, 2.75) is 13.2 Å². The van der Waals surface area contributed by atoms with Crippen molar-refractivity contribution in [3.8, 4) is 11.5 Å². The highest BCUT2D eigenvalue weighted by molar-refractivity contribution is 8.18. The normalized spacial score (nSPS) is 14.7. The predicted octanol–water partition coefficient (Wildman–Crippen LogP) is 6.96. The number of nitrogens with zero attached hydrogens (tertiary/aromatic N) is 1. The van der Waals surface area contributed by atoms with Crippen LogP contribution in [-0.2, 0) is 17.9 Å². The number of imide groups is 1. The molecule has 0 saturated carbocycles. The van der Waals surface area contributed by atoms with Crippen LogP contribution in [0.3, 0.4) is 0 Å². The van der Waals surface area contributed by atoms with Gasteiger partial charge in [0.15, 0.2) is 11.5 Å². The monoisotopic (exact) mass is 517 g/mol. The van der Waals surface area contributed by atoms with Crippen LogP contribution in [0.5, 0.6) is 11.5 Å². The minimum atomic E-state index is -0.403. The molecule has 1 heterocycles. The molecule has 0 aliphatic carbocycles. The molecule has 2 amide bonds. The fraction of sp³-hybridized carbons (Fsp3) is 0.120. The number of benzene rings is 3. The van der Waals surface area contributed by atoms with Crippen molar-refractivity contribution < 1.29 is 23.5 Å². The third-order valence-corrected chi connectivity index (χ3v) is 6.67. The zero-order valence-electron chi connectivity index (χ0n) is 17.9. The number of ether oxygens (including phenoxy) is 2. The summed E-state index contributed by atoms with van der Waals surface area (Å²) in [5.41, 5.74) is 1.76. The number of halogens is 3. The molecule has 0 N–H and O–H groups in total. The van der Waals surface area contributed by atoms with Gasteiger partial charge in [0.2, 0.25) is 0 Å². The van der Waals surface area contributed by atoms with Crippen molar-refractivity contribution in [2.24, 2.45) is 0 Å². The summed E-state index contributed by atoms with van der Waals surface area (Å²) in [5, 5.41) is 0.375. The van der Waals surface area contributed by atoms with E-state index < -0.39 is 5.91 Å². The van der Waals surface area contributed by atoms with Crippen molar-refractivity contribution in [3.63, 3.8) is 0 Å². The van der Waals surface area contributed by atoms with Crippen molar-refractivity contribution >= 4 is 52.2 Å². The number of carbonyl (C=O) groups excluding carboxylic acids is 2. The zero-order valence-corrected chi connectivity index (χ0v) is 20.2. The molecule has 3 aromatic rings. The highest BCUT2D eigenvalue weighted by Crippen LogP contribution is 2.36. The molecule has 174 valence electrons. The van der Waals surface area contributed by atoms with Crippen molar-refractivity contribution in [2.75, 3.05) is 7.11 Å². The molecular weight excluding hydrogens is 500 g/mol. The molecule has 3 aromatic carbocycles. The summed E-state index contributed by atoms with van der Waals surface area (Å²) < 4.78 is 25.0. The second-order valence-corrected chi connectivity index (χ2v) is 9.11. The fourth-order valence-electron chi connectivity index (χ4n) is 3.27.